The normalized spacial score (nSPS) is 11.0. The zero-order valence-corrected chi connectivity index (χ0v) is 16.8. The first-order chi connectivity index (χ1) is 14.0. The highest BCUT2D eigenvalue weighted by Gasteiger charge is 2.11. The van der Waals surface area contributed by atoms with Gasteiger partial charge < -0.3 is 15.0 Å². The van der Waals surface area contributed by atoms with Gasteiger partial charge in [0, 0.05) is 29.9 Å². The molecule has 5 nitrogen and oxygen atoms in total. The Labute approximate surface area is 177 Å². The average molecular weight is 426 g/mol. The molecule has 0 fully saturated rings. The van der Waals surface area contributed by atoms with Gasteiger partial charge in [0.15, 0.2) is 10.9 Å². The molecule has 0 aliphatic carbocycles. The molecule has 4 aromatic rings. The van der Waals surface area contributed by atoms with Gasteiger partial charge in [-0.15, -0.1) is 0 Å². The Morgan fingerprint density at radius 3 is 2.55 bits per heavy atom. The van der Waals surface area contributed by atoms with Crippen molar-refractivity contribution in [2.24, 2.45) is 0 Å². The summed E-state index contributed by atoms with van der Waals surface area (Å²) in [5.41, 5.74) is 2.27. The average Bonchev–Trinajstić information content (AvgIpc) is 3.12. The van der Waals surface area contributed by atoms with Gasteiger partial charge in [-0.1, -0.05) is 59.6 Å². The molecule has 0 atom stereocenters. The third kappa shape index (κ3) is 4.36. The number of pyridine rings is 1. The van der Waals surface area contributed by atoms with E-state index >= 15 is 0 Å². The van der Waals surface area contributed by atoms with E-state index in [1.54, 1.807) is 12.1 Å². The molecule has 0 spiro atoms. The summed E-state index contributed by atoms with van der Waals surface area (Å²) in [4.78, 5) is 16.6. The van der Waals surface area contributed by atoms with Gasteiger partial charge in [0.1, 0.15) is 0 Å². The summed E-state index contributed by atoms with van der Waals surface area (Å²) in [6.07, 6.45) is 3.89. The number of aromatic nitrogens is 2. The van der Waals surface area contributed by atoms with Crippen molar-refractivity contribution < 1.29 is 9.90 Å². The minimum Gasteiger partial charge on any atom is -0.504 e. The van der Waals surface area contributed by atoms with Crippen LogP contribution in [0.1, 0.15) is 21.6 Å². The van der Waals surface area contributed by atoms with Gasteiger partial charge >= 0.3 is 0 Å². The maximum Gasteiger partial charge on any atom is 0.251 e. The number of nitrogens with zero attached hydrogens (tertiary/aromatic N) is 2. The topological polar surface area (TPSA) is 67.2 Å². The van der Waals surface area contributed by atoms with E-state index in [1.165, 1.54) is 0 Å². The molecular weight excluding hydrogens is 409 g/mol. The second-order valence-corrected chi connectivity index (χ2v) is 7.44. The van der Waals surface area contributed by atoms with E-state index in [9.17, 15) is 9.90 Å². The van der Waals surface area contributed by atoms with E-state index in [1.807, 2.05) is 59.4 Å². The van der Waals surface area contributed by atoms with Crippen LogP contribution < -0.4 is 5.32 Å². The molecule has 4 rings (SSSR count). The van der Waals surface area contributed by atoms with Crippen LogP contribution in [-0.2, 0) is 13.1 Å². The monoisotopic (exact) mass is 425 g/mol. The van der Waals surface area contributed by atoms with E-state index in [0.29, 0.717) is 24.3 Å². The second kappa shape index (κ2) is 8.15. The Morgan fingerprint density at radius 2 is 1.79 bits per heavy atom. The number of halogens is 2. The maximum atomic E-state index is 12.5. The number of hydrogen-bond acceptors (Lipinski definition) is 3. The van der Waals surface area contributed by atoms with Crippen molar-refractivity contribution in [2.45, 2.75) is 13.1 Å². The molecule has 2 N–H and O–H groups in total. The standard InChI is InChI=1S/C22H17Cl2N3O2/c23-19-9-18(26-21(24)20(19)28)13-27-11-16-7-6-15(8-17(16)12-27)22(29)25-10-14-4-2-1-3-5-14/h1-9,11-12,28H,10,13H2,(H,25,29). The third-order valence-electron chi connectivity index (χ3n) is 4.56. The van der Waals surface area contributed by atoms with E-state index in [0.717, 1.165) is 16.3 Å². The van der Waals surface area contributed by atoms with E-state index < -0.39 is 0 Å². The van der Waals surface area contributed by atoms with Crippen LogP contribution in [0.2, 0.25) is 10.2 Å². The molecule has 0 radical (unpaired) electrons. The van der Waals surface area contributed by atoms with Gasteiger partial charge in [-0.05, 0) is 29.1 Å². The van der Waals surface area contributed by atoms with Crippen molar-refractivity contribution in [3.8, 4) is 5.75 Å². The maximum absolute atomic E-state index is 12.5. The van der Waals surface area contributed by atoms with Gasteiger partial charge in [-0.2, -0.15) is 0 Å². The fraction of sp³-hybridized carbons (Fsp3) is 0.0909. The molecule has 2 aromatic heterocycles. The van der Waals surface area contributed by atoms with Crippen LogP contribution in [0.4, 0.5) is 0 Å². The van der Waals surface area contributed by atoms with Crippen LogP contribution in [0.3, 0.4) is 0 Å². The first kappa shape index (κ1) is 19.3. The highest BCUT2D eigenvalue weighted by Crippen LogP contribution is 2.30. The number of hydrogen-bond donors (Lipinski definition) is 2. The predicted octanol–water partition coefficient (Wildman–Crippen LogP) is 5.03. The fourth-order valence-electron chi connectivity index (χ4n) is 3.10. The number of carbonyl (C=O) groups excluding carboxylic acids is 1. The Balaban J connectivity index is 1.51. The molecule has 0 unspecified atom stereocenters. The summed E-state index contributed by atoms with van der Waals surface area (Å²) in [6, 6.07) is 16.9. The second-order valence-electron chi connectivity index (χ2n) is 6.68. The summed E-state index contributed by atoms with van der Waals surface area (Å²) < 4.78 is 1.93. The predicted molar refractivity (Wildman–Crippen MR) is 115 cm³/mol. The molecule has 0 saturated heterocycles. The minimum absolute atomic E-state index is 0.0263. The zero-order chi connectivity index (χ0) is 20.4. The summed E-state index contributed by atoms with van der Waals surface area (Å²) in [5.74, 6) is -0.344. The number of amides is 1. The number of aromatic hydroxyl groups is 1. The van der Waals surface area contributed by atoms with Gasteiger partial charge in [-0.25, -0.2) is 4.98 Å². The summed E-state index contributed by atoms with van der Waals surface area (Å²) in [5, 5.41) is 14.6. The number of rotatable bonds is 5. The van der Waals surface area contributed by atoms with Crippen LogP contribution >= 0.6 is 23.2 Å². The number of carbonyl (C=O) groups is 1. The van der Waals surface area contributed by atoms with E-state index in [4.69, 9.17) is 23.2 Å². The quantitative estimate of drug-likeness (QED) is 0.440. The van der Waals surface area contributed by atoms with Gasteiger partial charge in [-0.3, -0.25) is 4.79 Å². The summed E-state index contributed by atoms with van der Waals surface area (Å²) >= 11 is 11.9. The smallest absolute Gasteiger partial charge is 0.251 e. The number of nitrogens with one attached hydrogen (secondary N) is 1. The molecule has 2 aromatic carbocycles. The molecule has 2 heterocycles. The van der Waals surface area contributed by atoms with E-state index in [-0.39, 0.29) is 21.8 Å². The zero-order valence-electron chi connectivity index (χ0n) is 15.3. The van der Waals surface area contributed by atoms with Crippen molar-refractivity contribution in [2.75, 3.05) is 0 Å². The lowest BCUT2D eigenvalue weighted by atomic mass is 10.1. The van der Waals surface area contributed by atoms with Crippen LogP contribution in [0.5, 0.6) is 5.75 Å². The molecule has 29 heavy (non-hydrogen) atoms. The fourth-order valence-corrected chi connectivity index (χ4v) is 3.58. The van der Waals surface area contributed by atoms with Gasteiger partial charge in [0.2, 0.25) is 0 Å². The first-order valence-corrected chi connectivity index (χ1v) is 9.71. The lowest BCUT2D eigenvalue weighted by Crippen LogP contribution is -2.22. The van der Waals surface area contributed by atoms with Crippen molar-refractivity contribution in [1.82, 2.24) is 14.9 Å². The van der Waals surface area contributed by atoms with E-state index in [2.05, 4.69) is 10.3 Å². The summed E-state index contributed by atoms with van der Waals surface area (Å²) in [6.45, 7) is 0.913. The van der Waals surface area contributed by atoms with Crippen molar-refractivity contribution >= 4 is 39.9 Å². The van der Waals surface area contributed by atoms with Crippen molar-refractivity contribution in [3.05, 3.63) is 94.0 Å². The lowest BCUT2D eigenvalue weighted by Gasteiger charge is -2.05. The SMILES string of the molecule is O=C(NCc1ccccc1)c1ccc2cn(Cc3cc(Cl)c(O)c(Cl)n3)cc2c1. The van der Waals surface area contributed by atoms with Gasteiger partial charge in [0.25, 0.3) is 5.91 Å². The first-order valence-electron chi connectivity index (χ1n) is 8.95. The highest BCUT2D eigenvalue weighted by molar-refractivity contribution is 6.36. The van der Waals surface area contributed by atoms with Gasteiger partial charge in [0.05, 0.1) is 17.3 Å². The Hall–Kier alpha value is -3.02. The number of benzene rings is 2. The van der Waals surface area contributed by atoms with Crippen LogP contribution in [0.25, 0.3) is 10.8 Å². The molecule has 146 valence electrons. The Kier molecular flexibility index (Phi) is 5.43. The molecule has 0 bridgehead atoms. The third-order valence-corrected chi connectivity index (χ3v) is 5.11. The lowest BCUT2D eigenvalue weighted by molar-refractivity contribution is 0.0951. The largest absolute Gasteiger partial charge is 0.504 e. The molecular formula is C22H17Cl2N3O2. The molecule has 0 aliphatic rings. The Bertz CT molecular complexity index is 1170. The minimum atomic E-state index is -0.221. The molecule has 7 heteroatoms. The number of fused-ring (bicyclic) bond motifs is 1. The Morgan fingerprint density at radius 1 is 1.03 bits per heavy atom. The highest BCUT2D eigenvalue weighted by atomic mass is 35.5. The summed E-state index contributed by atoms with van der Waals surface area (Å²) in [7, 11) is 0. The molecule has 0 aliphatic heterocycles. The molecule has 0 saturated carbocycles. The van der Waals surface area contributed by atoms with Crippen LogP contribution in [0.15, 0.2) is 67.0 Å². The van der Waals surface area contributed by atoms with Crippen LogP contribution in [-0.4, -0.2) is 20.6 Å². The molecule has 1 amide bonds. The van der Waals surface area contributed by atoms with Crippen molar-refractivity contribution in [3.63, 3.8) is 0 Å². The van der Waals surface area contributed by atoms with Crippen LogP contribution in [0, 0.1) is 0 Å². The van der Waals surface area contributed by atoms with Crippen molar-refractivity contribution in [1.29, 1.82) is 0 Å².